The second kappa shape index (κ2) is 7.05. The Hall–Kier alpha value is -1.000. The maximum Gasteiger partial charge on any atom is 0.411 e. The van der Waals surface area contributed by atoms with Gasteiger partial charge in [-0.3, -0.25) is 4.90 Å². The quantitative estimate of drug-likeness (QED) is 0.577. The van der Waals surface area contributed by atoms with Crippen molar-refractivity contribution >= 4 is 33.6 Å². The second-order valence-electron chi connectivity index (χ2n) is 6.36. The largest absolute Gasteiger partial charge is 0.444 e. The van der Waals surface area contributed by atoms with Crippen molar-refractivity contribution in [2.24, 2.45) is 0 Å². The van der Waals surface area contributed by atoms with Crippen LogP contribution < -0.4 is 0 Å². The predicted molar refractivity (Wildman–Crippen MR) is 93.2 cm³/mol. The van der Waals surface area contributed by atoms with Gasteiger partial charge in [0.2, 0.25) is 0 Å². The fourth-order valence-corrected chi connectivity index (χ4v) is 3.15. The van der Waals surface area contributed by atoms with Crippen molar-refractivity contribution in [1.29, 1.82) is 0 Å². The zero-order chi connectivity index (χ0) is 16.3. The number of allylic oxidation sites excluding steroid dienone is 1. The van der Waals surface area contributed by atoms with E-state index < -0.39 is 5.60 Å². The molecule has 0 aromatic heterocycles. The van der Waals surface area contributed by atoms with Crippen LogP contribution >= 0.6 is 27.5 Å². The van der Waals surface area contributed by atoms with Gasteiger partial charge in [0.1, 0.15) is 5.60 Å². The number of carbonyl (C=O) groups excluding carboxylic acids is 1. The summed E-state index contributed by atoms with van der Waals surface area (Å²) in [5.74, 6) is 0. The van der Waals surface area contributed by atoms with Crippen molar-refractivity contribution in [3.8, 4) is 0 Å². The van der Waals surface area contributed by atoms with E-state index in [1.165, 1.54) is 0 Å². The van der Waals surface area contributed by atoms with Gasteiger partial charge >= 0.3 is 6.09 Å². The summed E-state index contributed by atoms with van der Waals surface area (Å²) in [5.41, 5.74) is 0.505. The molecule has 1 atom stereocenters. The Bertz CT molecular complexity index is 581. The summed E-state index contributed by atoms with van der Waals surface area (Å²) in [6.45, 7) is 6.17. The molecule has 1 amide bonds. The minimum Gasteiger partial charge on any atom is -0.444 e. The van der Waals surface area contributed by atoms with Gasteiger partial charge in [-0.1, -0.05) is 39.7 Å². The van der Waals surface area contributed by atoms with E-state index in [0.717, 1.165) is 22.9 Å². The van der Waals surface area contributed by atoms with Crippen molar-refractivity contribution in [3.05, 3.63) is 45.4 Å². The Kier molecular flexibility index (Phi) is 5.56. The lowest BCUT2D eigenvalue weighted by Gasteiger charge is -2.33. The SMILES string of the molecule is CC(C)(C)OC(=O)N1CC=CCC[C@@H]1c1cc(Cl)ccc1Br. The Labute approximate surface area is 145 Å². The number of benzene rings is 1. The minimum absolute atomic E-state index is 0.0575. The molecule has 1 aliphatic rings. The summed E-state index contributed by atoms with van der Waals surface area (Å²) in [5, 5.41) is 0.666. The molecular weight excluding hydrogens is 366 g/mol. The van der Waals surface area contributed by atoms with E-state index in [9.17, 15) is 4.79 Å². The highest BCUT2D eigenvalue weighted by Crippen LogP contribution is 2.35. The van der Waals surface area contributed by atoms with E-state index in [0.29, 0.717) is 11.6 Å². The van der Waals surface area contributed by atoms with E-state index in [2.05, 4.69) is 22.0 Å². The number of rotatable bonds is 1. The van der Waals surface area contributed by atoms with Gasteiger partial charge in [0, 0.05) is 16.0 Å². The first kappa shape index (κ1) is 17.4. The third kappa shape index (κ3) is 4.50. The molecule has 0 bridgehead atoms. The van der Waals surface area contributed by atoms with E-state index >= 15 is 0 Å². The van der Waals surface area contributed by atoms with Gasteiger partial charge in [-0.15, -0.1) is 0 Å². The fourth-order valence-electron chi connectivity index (χ4n) is 2.46. The summed E-state index contributed by atoms with van der Waals surface area (Å²) in [6, 6.07) is 5.61. The molecule has 2 rings (SSSR count). The van der Waals surface area contributed by atoms with Crippen molar-refractivity contribution in [3.63, 3.8) is 0 Å². The van der Waals surface area contributed by atoms with Crippen molar-refractivity contribution < 1.29 is 9.53 Å². The van der Waals surface area contributed by atoms with Gasteiger partial charge in [0.15, 0.2) is 0 Å². The van der Waals surface area contributed by atoms with Gasteiger partial charge in [-0.05, 0) is 57.4 Å². The molecule has 3 nitrogen and oxygen atoms in total. The van der Waals surface area contributed by atoms with Crippen LogP contribution in [-0.4, -0.2) is 23.1 Å². The first-order valence-electron chi connectivity index (χ1n) is 7.37. The molecule has 0 radical (unpaired) electrons. The van der Waals surface area contributed by atoms with Crippen molar-refractivity contribution in [2.45, 2.75) is 45.3 Å². The number of carbonyl (C=O) groups is 1. The van der Waals surface area contributed by atoms with Crippen LogP contribution in [0.15, 0.2) is 34.8 Å². The minimum atomic E-state index is -0.511. The van der Waals surface area contributed by atoms with Crippen LogP contribution in [-0.2, 0) is 4.74 Å². The Balaban J connectivity index is 2.33. The zero-order valence-electron chi connectivity index (χ0n) is 13.1. The number of nitrogens with zero attached hydrogens (tertiary/aromatic N) is 1. The Morgan fingerprint density at radius 3 is 2.77 bits per heavy atom. The van der Waals surface area contributed by atoms with E-state index in [1.54, 1.807) is 4.90 Å². The molecule has 0 aliphatic carbocycles. The molecule has 0 saturated heterocycles. The van der Waals surface area contributed by atoms with Gasteiger partial charge in [0.25, 0.3) is 0 Å². The molecule has 1 heterocycles. The third-order valence-corrected chi connectivity index (χ3v) is 4.35. The smallest absolute Gasteiger partial charge is 0.411 e. The Morgan fingerprint density at radius 2 is 2.09 bits per heavy atom. The van der Waals surface area contributed by atoms with Crippen LogP contribution in [0.25, 0.3) is 0 Å². The first-order chi connectivity index (χ1) is 10.3. The standard InChI is InChI=1S/C17H21BrClNO2/c1-17(2,3)22-16(21)20-10-6-4-5-7-15(20)13-11-12(19)8-9-14(13)18/h4,6,8-9,11,15H,5,7,10H2,1-3H3/t15-/m1/s1. The van der Waals surface area contributed by atoms with Gasteiger partial charge in [-0.25, -0.2) is 4.79 Å². The lowest BCUT2D eigenvalue weighted by molar-refractivity contribution is 0.0181. The molecule has 120 valence electrons. The number of ether oxygens (including phenoxy) is 1. The monoisotopic (exact) mass is 385 g/mol. The highest BCUT2D eigenvalue weighted by Gasteiger charge is 2.30. The lowest BCUT2D eigenvalue weighted by atomic mass is 10.0. The van der Waals surface area contributed by atoms with E-state index in [1.807, 2.05) is 45.0 Å². The number of hydrogen-bond acceptors (Lipinski definition) is 2. The van der Waals surface area contributed by atoms with Crippen LogP contribution in [0.2, 0.25) is 5.02 Å². The number of hydrogen-bond donors (Lipinski definition) is 0. The van der Waals surface area contributed by atoms with Gasteiger partial charge in [0.05, 0.1) is 6.04 Å². The molecule has 0 fully saturated rings. The third-order valence-electron chi connectivity index (χ3n) is 3.40. The lowest BCUT2D eigenvalue weighted by Crippen LogP contribution is -2.39. The maximum atomic E-state index is 12.6. The maximum absolute atomic E-state index is 12.6. The summed E-state index contributed by atoms with van der Waals surface area (Å²) in [7, 11) is 0. The number of amides is 1. The van der Waals surface area contributed by atoms with Crippen molar-refractivity contribution in [2.75, 3.05) is 6.54 Å². The Morgan fingerprint density at radius 1 is 1.36 bits per heavy atom. The van der Waals surface area contributed by atoms with Gasteiger partial charge < -0.3 is 4.74 Å². The zero-order valence-corrected chi connectivity index (χ0v) is 15.4. The normalized spacial score (nSPS) is 19.0. The predicted octanol–water partition coefficient (Wildman–Crippen LogP) is 5.73. The molecule has 5 heteroatoms. The van der Waals surface area contributed by atoms with Crippen LogP contribution in [0.1, 0.15) is 45.2 Å². The molecule has 1 aliphatic heterocycles. The van der Waals surface area contributed by atoms with E-state index in [4.69, 9.17) is 16.3 Å². The molecule has 1 aromatic carbocycles. The molecule has 0 unspecified atom stereocenters. The summed E-state index contributed by atoms with van der Waals surface area (Å²) in [4.78, 5) is 14.3. The second-order valence-corrected chi connectivity index (χ2v) is 7.65. The molecule has 0 N–H and O–H groups in total. The summed E-state index contributed by atoms with van der Waals surface area (Å²) >= 11 is 9.71. The van der Waals surface area contributed by atoms with Crippen molar-refractivity contribution in [1.82, 2.24) is 4.90 Å². The van der Waals surface area contributed by atoms with Crippen LogP contribution in [0.5, 0.6) is 0 Å². The fraction of sp³-hybridized carbons (Fsp3) is 0.471. The molecule has 0 spiro atoms. The highest BCUT2D eigenvalue weighted by atomic mass is 79.9. The molecular formula is C17H21BrClNO2. The highest BCUT2D eigenvalue weighted by molar-refractivity contribution is 9.10. The average Bonchev–Trinajstić information content (AvgIpc) is 2.65. The molecule has 0 saturated carbocycles. The molecule has 22 heavy (non-hydrogen) atoms. The van der Waals surface area contributed by atoms with Crippen LogP contribution in [0.4, 0.5) is 4.79 Å². The van der Waals surface area contributed by atoms with E-state index in [-0.39, 0.29) is 12.1 Å². The first-order valence-corrected chi connectivity index (χ1v) is 8.54. The number of halogens is 2. The summed E-state index contributed by atoms with van der Waals surface area (Å²) < 4.78 is 6.52. The average molecular weight is 387 g/mol. The summed E-state index contributed by atoms with van der Waals surface area (Å²) in [6.07, 6.45) is 5.59. The topological polar surface area (TPSA) is 29.5 Å². The van der Waals surface area contributed by atoms with Crippen LogP contribution in [0.3, 0.4) is 0 Å². The van der Waals surface area contributed by atoms with Gasteiger partial charge in [-0.2, -0.15) is 0 Å². The molecule has 1 aromatic rings. The van der Waals surface area contributed by atoms with Crippen LogP contribution in [0, 0.1) is 0 Å².